The molecule has 0 unspecified atom stereocenters. The van der Waals surface area contributed by atoms with Gasteiger partial charge in [-0.3, -0.25) is 0 Å². The Hall–Kier alpha value is -3.70. The number of carbonyl (C=O) groups is 1. The number of esters is 1. The van der Waals surface area contributed by atoms with Crippen molar-refractivity contribution in [3.63, 3.8) is 0 Å². The highest BCUT2D eigenvalue weighted by molar-refractivity contribution is 7.98. The van der Waals surface area contributed by atoms with Gasteiger partial charge in [0.25, 0.3) is 0 Å². The number of thioether (sulfide) groups is 1. The third kappa shape index (κ3) is 7.45. The van der Waals surface area contributed by atoms with Gasteiger partial charge in [0.2, 0.25) is 0 Å². The molecule has 4 aromatic rings. The number of carbonyl (C=O) groups excluding carboxylic acids is 1. The number of methoxy groups -OCH3 is 1. The van der Waals surface area contributed by atoms with E-state index in [2.05, 4.69) is 15.0 Å². The molecule has 12 heteroatoms. The number of benzene rings is 3. The van der Waals surface area contributed by atoms with E-state index in [0.29, 0.717) is 23.6 Å². The third-order valence-corrected chi connectivity index (χ3v) is 6.84. The van der Waals surface area contributed by atoms with Gasteiger partial charge in [-0.1, -0.05) is 47.1 Å². The molecular weight excluding hydrogens is 555 g/mol. The normalized spacial score (nSPS) is 11.3. The predicted octanol–water partition coefficient (Wildman–Crippen LogP) is 7.02. The zero-order valence-corrected chi connectivity index (χ0v) is 22.4. The highest BCUT2D eigenvalue weighted by Gasteiger charge is 2.32. The molecule has 39 heavy (non-hydrogen) atoms. The van der Waals surface area contributed by atoms with Gasteiger partial charge in [0, 0.05) is 10.6 Å². The molecule has 3 aromatic carbocycles. The first-order valence-corrected chi connectivity index (χ1v) is 13.0. The summed E-state index contributed by atoms with van der Waals surface area (Å²) in [6.07, 6.45) is -4.82. The molecule has 0 bridgehead atoms. The molecule has 0 saturated carbocycles. The summed E-state index contributed by atoms with van der Waals surface area (Å²) in [5.74, 6) is 0.125. The fraction of sp³-hybridized carbons (Fsp3) is 0.222. The first-order chi connectivity index (χ1) is 18.7. The maximum atomic E-state index is 12.5. The fourth-order valence-corrected chi connectivity index (χ4v) is 4.78. The topological polar surface area (TPSA) is 75.5 Å². The molecule has 1 aromatic heterocycles. The van der Waals surface area contributed by atoms with Crippen molar-refractivity contribution < 1.29 is 32.2 Å². The van der Waals surface area contributed by atoms with Crippen LogP contribution < -0.4 is 9.47 Å². The standard InChI is InChI=1S/C27H23ClF3N3O4S/c1-3-37-26(35)25-23(34(33-32-25)15-17-4-9-20(36-2)10-5-17)16-39-21-11-6-18(7-12-21)19-8-13-24(22(28)14-19)38-27(29,30)31/h4-14H,3,15-16H2,1-2H3. The first-order valence-electron chi connectivity index (χ1n) is 11.7. The van der Waals surface area contributed by atoms with E-state index in [1.807, 2.05) is 48.5 Å². The number of rotatable bonds is 10. The zero-order valence-electron chi connectivity index (χ0n) is 20.9. The molecule has 1 heterocycles. The lowest BCUT2D eigenvalue weighted by Crippen LogP contribution is -2.17. The summed E-state index contributed by atoms with van der Waals surface area (Å²) < 4.78 is 53.5. The van der Waals surface area contributed by atoms with Crippen molar-refractivity contribution in [3.05, 3.63) is 88.7 Å². The number of hydrogen-bond acceptors (Lipinski definition) is 7. The summed E-state index contributed by atoms with van der Waals surface area (Å²) in [6, 6.07) is 19.0. The summed E-state index contributed by atoms with van der Waals surface area (Å²) in [7, 11) is 1.60. The molecule has 0 atom stereocenters. The molecule has 0 radical (unpaired) electrons. The van der Waals surface area contributed by atoms with Crippen molar-refractivity contribution in [1.29, 1.82) is 0 Å². The third-order valence-electron chi connectivity index (χ3n) is 5.52. The van der Waals surface area contributed by atoms with Gasteiger partial charge in [0.1, 0.15) is 11.5 Å². The Bertz CT molecular complexity index is 1430. The van der Waals surface area contributed by atoms with Crippen LogP contribution in [0.4, 0.5) is 13.2 Å². The quantitative estimate of drug-likeness (QED) is 0.148. The van der Waals surface area contributed by atoms with Gasteiger partial charge in [-0.15, -0.1) is 30.0 Å². The molecule has 0 spiro atoms. The van der Waals surface area contributed by atoms with E-state index in [-0.39, 0.29) is 17.3 Å². The van der Waals surface area contributed by atoms with E-state index >= 15 is 0 Å². The van der Waals surface area contributed by atoms with Crippen LogP contribution in [0.15, 0.2) is 71.6 Å². The maximum Gasteiger partial charge on any atom is 0.573 e. The van der Waals surface area contributed by atoms with Gasteiger partial charge in [0.15, 0.2) is 5.69 Å². The smallest absolute Gasteiger partial charge is 0.497 e. The maximum absolute atomic E-state index is 12.5. The van der Waals surface area contributed by atoms with Gasteiger partial charge in [-0.05, 0) is 60.0 Å². The van der Waals surface area contributed by atoms with E-state index in [0.717, 1.165) is 21.8 Å². The first kappa shape index (κ1) is 28.3. The van der Waals surface area contributed by atoms with Crippen LogP contribution in [-0.4, -0.2) is 41.0 Å². The average Bonchev–Trinajstić information content (AvgIpc) is 3.31. The second-order valence-electron chi connectivity index (χ2n) is 8.12. The van der Waals surface area contributed by atoms with Crippen LogP contribution in [0.3, 0.4) is 0 Å². The molecule has 0 aliphatic carbocycles. The van der Waals surface area contributed by atoms with Crippen molar-refractivity contribution in [3.8, 4) is 22.6 Å². The van der Waals surface area contributed by atoms with Crippen molar-refractivity contribution >= 4 is 29.3 Å². The Kier molecular flexibility index (Phi) is 9.03. The van der Waals surface area contributed by atoms with E-state index in [9.17, 15) is 18.0 Å². The van der Waals surface area contributed by atoms with E-state index in [4.69, 9.17) is 21.1 Å². The Balaban J connectivity index is 1.50. The van der Waals surface area contributed by atoms with Gasteiger partial charge >= 0.3 is 12.3 Å². The van der Waals surface area contributed by atoms with E-state index < -0.39 is 18.1 Å². The predicted molar refractivity (Wildman–Crippen MR) is 141 cm³/mol. The Morgan fingerprint density at radius 1 is 1.03 bits per heavy atom. The number of alkyl halides is 3. The molecule has 0 aliphatic rings. The molecular formula is C27H23ClF3N3O4S. The summed E-state index contributed by atoms with van der Waals surface area (Å²) in [5, 5.41) is 8.12. The summed E-state index contributed by atoms with van der Waals surface area (Å²) >= 11 is 7.46. The number of aromatic nitrogens is 3. The molecule has 0 N–H and O–H groups in total. The lowest BCUT2D eigenvalue weighted by atomic mass is 10.1. The van der Waals surface area contributed by atoms with Crippen LogP contribution in [0.5, 0.6) is 11.5 Å². The van der Waals surface area contributed by atoms with E-state index in [1.54, 1.807) is 18.7 Å². The Morgan fingerprint density at radius 3 is 2.33 bits per heavy atom. The summed E-state index contributed by atoms with van der Waals surface area (Å²) in [6.45, 7) is 2.34. The van der Waals surface area contributed by atoms with Gasteiger partial charge < -0.3 is 14.2 Å². The van der Waals surface area contributed by atoms with Crippen LogP contribution in [0.25, 0.3) is 11.1 Å². The van der Waals surface area contributed by atoms with Crippen molar-refractivity contribution in [1.82, 2.24) is 15.0 Å². The molecule has 7 nitrogen and oxygen atoms in total. The molecule has 4 rings (SSSR count). The molecule has 204 valence electrons. The minimum Gasteiger partial charge on any atom is -0.497 e. The second kappa shape index (κ2) is 12.4. The summed E-state index contributed by atoms with van der Waals surface area (Å²) in [5.41, 5.74) is 3.13. The zero-order chi connectivity index (χ0) is 28.0. The van der Waals surface area contributed by atoms with Crippen LogP contribution in [-0.2, 0) is 17.0 Å². The minimum atomic E-state index is -4.82. The molecule has 0 fully saturated rings. The van der Waals surface area contributed by atoms with Crippen molar-refractivity contribution in [2.45, 2.75) is 30.5 Å². The fourth-order valence-electron chi connectivity index (χ4n) is 3.65. The van der Waals surface area contributed by atoms with Gasteiger partial charge in [-0.25, -0.2) is 9.48 Å². The SMILES string of the molecule is CCOC(=O)c1nnn(Cc2ccc(OC)cc2)c1CSc1ccc(-c2ccc(OC(F)(F)F)c(Cl)c2)cc1. The Labute approximate surface area is 231 Å². The van der Waals surface area contributed by atoms with Crippen LogP contribution in [0.2, 0.25) is 5.02 Å². The molecule has 0 saturated heterocycles. The highest BCUT2D eigenvalue weighted by Crippen LogP contribution is 2.34. The minimum absolute atomic E-state index is 0.146. The van der Waals surface area contributed by atoms with E-state index in [1.165, 1.54) is 30.0 Å². The lowest BCUT2D eigenvalue weighted by Gasteiger charge is -2.12. The summed E-state index contributed by atoms with van der Waals surface area (Å²) in [4.78, 5) is 13.4. The van der Waals surface area contributed by atoms with Gasteiger partial charge in [-0.2, -0.15) is 0 Å². The second-order valence-corrected chi connectivity index (χ2v) is 9.57. The monoisotopic (exact) mass is 577 g/mol. The van der Waals surface area contributed by atoms with Crippen molar-refractivity contribution in [2.75, 3.05) is 13.7 Å². The number of nitrogens with zero attached hydrogens (tertiary/aromatic N) is 3. The van der Waals surface area contributed by atoms with Crippen LogP contribution in [0, 0.1) is 0 Å². The number of hydrogen-bond donors (Lipinski definition) is 0. The van der Waals surface area contributed by atoms with Gasteiger partial charge in [0.05, 0.1) is 31.0 Å². The molecule has 0 aliphatic heterocycles. The average molecular weight is 578 g/mol. The van der Waals surface area contributed by atoms with Crippen LogP contribution >= 0.6 is 23.4 Å². The number of ether oxygens (including phenoxy) is 3. The Morgan fingerprint density at radius 2 is 1.72 bits per heavy atom. The van der Waals surface area contributed by atoms with Crippen molar-refractivity contribution in [2.24, 2.45) is 0 Å². The van der Waals surface area contributed by atoms with Crippen LogP contribution in [0.1, 0.15) is 28.7 Å². The largest absolute Gasteiger partial charge is 0.573 e. The number of halogens is 4. The lowest BCUT2D eigenvalue weighted by molar-refractivity contribution is -0.274. The molecule has 0 amide bonds. The highest BCUT2D eigenvalue weighted by atomic mass is 35.5.